The maximum absolute atomic E-state index is 12.5. The van der Waals surface area contributed by atoms with Crippen LogP contribution in [-0.4, -0.2) is 31.1 Å². The van der Waals surface area contributed by atoms with Crippen LogP contribution in [0.3, 0.4) is 0 Å². The highest BCUT2D eigenvalue weighted by Gasteiger charge is 2.25. The van der Waals surface area contributed by atoms with E-state index in [0.29, 0.717) is 5.92 Å². The summed E-state index contributed by atoms with van der Waals surface area (Å²) in [4.78, 5) is 23.3. The van der Waals surface area contributed by atoms with Crippen molar-refractivity contribution in [2.75, 3.05) is 14.2 Å². The minimum absolute atomic E-state index is 0.00314. The Balaban J connectivity index is 2.37. The van der Waals surface area contributed by atoms with Crippen LogP contribution in [0.1, 0.15) is 38.2 Å². The van der Waals surface area contributed by atoms with Crippen LogP contribution >= 0.6 is 0 Å². The number of carbonyl (C=O) groups excluding carboxylic acids is 1. The van der Waals surface area contributed by atoms with Gasteiger partial charge in [0.2, 0.25) is 0 Å². The number of nitro groups is 1. The molecule has 0 aliphatic heterocycles. The van der Waals surface area contributed by atoms with Gasteiger partial charge in [-0.3, -0.25) is 14.9 Å². The first-order chi connectivity index (χ1) is 12.9. The lowest BCUT2D eigenvalue weighted by molar-refractivity contribution is -0.385. The van der Waals surface area contributed by atoms with Gasteiger partial charge in [-0.2, -0.15) is 5.26 Å². The molecule has 1 N–H and O–H groups in total. The predicted molar refractivity (Wildman–Crippen MR) is 99.4 cm³/mol. The second kappa shape index (κ2) is 9.03. The minimum atomic E-state index is -0.593. The van der Waals surface area contributed by atoms with Crippen LogP contribution in [-0.2, 0) is 4.79 Å². The average Bonchev–Trinajstić information content (AvgIpc) is 2.66. The Labute approximate surface area is 157 Å². The quantitative estimate of drug-likeness (QED) is 0.354. The van der Waals surface area contributed by atoms with E-state index in [4.69, 9.17) is 9.47 Å². The van der Waals surface area contributed by atoms with E-state index in [2.05, 4.69) is 12.2 Å². The molecule has 0 spiro atoms. The molecule has 1 aromatic carbocycles. The largest absolute Gasteiger partial charge is 0.493 e. The number of benzene rings is 1. The lowest BCUT2D eigenvalue weighted by Gasteiger charge is -2.29. The van der Waals surface area contributed by atoms with Gasteiger partial charge in [0.05, 0.1) is 30.8 Å². The predicted octanol–water partition coefficient (Wildman–Crippen LogP) is 3.21. The second-order valence-corrected chi connectivity index (χ2v) is 6.53. The molecule has 1 fully saturated rings. The molecule has 0 heterocycles. The molecule has 2 rings (SSSR count). The molecule has 144 valence electrons. The summed E-state index contributed by atoms with van der Waals surface area (Å²) in [6.07, 6.45) is 5.26. The molecule has 0 unspecified atom stereocenters. The normalized spacial score (nSPS) is 19.7. The lowest BCUT2D eigenvalue weighted by atomic mass is 9.86. The molecule has 1 aromatic rings. The van der Waals surface area contributed by atoms with Gasteiger partial charge in [-0.15, -0.1) is 0 Å². The molecule has 1 amide bonds. The Morgan fingerprint density at radius 2 is 1.93 bits per heavy atom. The van der Waals surface area contributed by atoms with Gasteiger partial charge in [-0.1, -0.05) is 19.8 Å². The summed E-state index contributed by atoms with van der Waals surface area (Å²) in [6.45, 7) is 2.07. The third kappa shape index (κ3) is 4.76. The number of hydrogen-bond donors (Lipinski definition) is 1. The molecule has 0 aromatic heterocycles. The van der Waals surface area contributed by atoms with E-state index in [1.165, 1.54) is 32.4 Å². The van der Waals surface area contributed by atoms with E-state index in [1.54, 1.807) is 0 Å². The fraction of sp³-hybridized carbons (Fsp3) is 0.474. The Bertz CT molecular complexity index is 797. The van der Waals surface area contributed by atoms with Crippen LogP contribution in [0.15, 0.2) is 17.7 Å². The van der Waals surface area contributed by atoms with E-state index in [-0.39, 0.29) is 34.4 Å². The van der Waals surface area contributed by atoms with Gasteiger partial charge in [-0.05, 0) is 30.9 Å². The maximum Gasteiger partial charge on any atom is 0.280 e. The molecular weight excluding hydrogens is 350 g/mol. The van der Waals surface area contributed by atoms with Crippen molar-refractivity contribution in [3.63, 3.8) is 0 Å². The molecule has 8 nitrogen and oxygen atoms in total. The first-order valence-corrected chi connectivity index (χ1v) is 8.74. The third-order valence-electron chi connectivity index (χ3n) is 4.82. The fourth-order valence-corrected chi connectivity index (χ4v) is 3.24. The van der Waals surface area contributed by atoms with Crippen LogP contribution in [0.5, 0.6) is 11.5 Å². The molecule has 8 heteroatoms. The van der Waals surface area contributed by atoms with Crippen molar-refractivity contribution >= 4 is 17.7 Å². The molecular formula is C19H23N3O5. The Hall–Kier alpha value is -3.08. The number of methoxy groups -OCH3 is 2. The SMILES string of the molecule is COc1cc(/C=C(\C#N)C(=O)N[C@H]2CCCC[C@H]2C)c([N+](=O)[O-])cc1OC. The van der Waals surface area contributed by atoms with Gasteiger partial charge in [0, 0.05) is 6.04 Å². The summed E-state index contributed by atoms with van der Waals surface area (Å²) in [5, 5.41) is 23.7. The number of nitrogens with one attached hydrogen (secondary N) is 1. The number of ether oxygens (including phenoxy) is 2. The molecule has 27 heavy (non-hydrogen) atoms. The third-order valence-corrected chi connectivity index (χ3v) is 4.82. The summed E-state index contributed by atoms with van der Waals surface area (Å²) in [5.74, 6) is 0.270. The van der Waals surface area contributed by atoms with Crippen LogP contribution in [0.25, 0.3) is 6.08 Å². The molecule has 1 aliphatic carbocycles. The number of nitriles is 1. The zero-order chi connectivity index (χ0) is 20.0. The van der Waals surface area contributed by atoms with Gasteiger partial charge in [0.1, 0.15) is 11.6 Å². The van der Waals surface area contributed by atoms with Crippen molar-refractivity contribution in [1.82, 2.24) is 5.32 Å². The summed E-state index contributed by atoms with van der Waals surface area (Å²) in [6, 6.07) is 4.43. The van der Waals surface area contributed by atoms with Crippen molar-refractivity contribution in [3.8, 4) is 17.6 Å². The highest BCUT2D eigenvalue weighted by atomic mass is 16.6. The number of nitrogens with zero attached hydrogens (tertiary/aromatic N) is 2. The number of hydrogen-bond acceptors (Lipinski definition) is 6. The number of rotatable bonds is 6. The molecule has 0 radical (unpaired) electrons. The van der Waals surface area contributed by atoms with E-state index >= 15 is 0 Å². The summed E-state index contributed by atoms with van der Waals surface area (Å²) in [7, 11) is 2.77. The van der Waals surface area contributed by atoms with Crippen molar-refractivity contribution in [2.45, 2.75) is 38.6 Å². The number of nitro benzene ring substituents is 1. The molecule has 0 bridgehead atoms. The van der Waals surface area contributed by atoms with E-state index in [9.17, 15) is 20.2 Å². The van der Waals surface area contributed by atoms with Crippen LogP contribution in [0.2, 0.25) is 0 Å². The standard InChI is InChI=1S/C19H23N3O5/c1-12-6-4-5-7-15(12)21-19(23)14(11-20)8-13-9-17(26-2)18(27-3)10-16(13)22(24)25/h8-10,12,15H,4-7H2,1-3H3,(H,21,23)/b14-8+/t12-,15+/m1/s1. The van der Waals surface area contributed by atoms with Gasteiger partial charge >= 0.3 is 0 Å². The maximum atomic E-state index is 12.5. The monoisotopic (exact) mass is 373 g/mol. The first kappa shape index (κ1) is 20.2. The summed E-state index contributed by atoms with van der Waals surface area (Å²) in [5.41, 5.74) is -0.372. The lowest BCUT2D eigenvalue weighted by Crippen LogP contribution is -2.41. The first-order valence-electron chi connectivity index (χ1n) is 8.74. The Morgan fingerprint density at radius 1 is 1.30 bits per heavy atom. The number of carbonyl (C=O) groups is 1. The van der Waals surface area contributed by atoms with Crippen molar-refractivity contribution in [1.29, 1.82) is 5.26 Å². The average molecular weight is 373 g/mol. The smallest absolute Gasteiger partial charge is 0.280 e. The van der Waals surface area contributed by atoms with E-state index in [1.807, 2.05) is 6.07 Å². The van der Waals surface area contributed by atoms with Crippen molar-refractivity contribution in [2.24, 2.45) is 5.92 Å². The zero-order valence-corrected chi connectivity index (χ0v) is 15.7. The molecule has 1 aliphatic rings. The highest BCUT2D eigenvalue weighted by molar-refractivity contribution is 6.02. The van der Waals surface area contributed by atoms with Crippen molar-refractivity contribution < 1.29 is 19.2 Å². The minimum Gasteiger partial charge on any atom is -0.493 e. The highest BCUT2D eigenvalue weighted by Crippen LogP contribution is 2.35. The van der Waals surface area contributed by atoms with Crippen LogP contribution < -0.4 is 14.8 Å². The second-order valence-electron chi connectivity index (χ2n) is 6.53. The number of amides is 1. The summed E-state index contributed by atoms with van der Waals surface area (Å²) >= 11 is 0. The van der Waals surface area contributed by atoms with E-state index in [0.717, 1.165) is 25.7 Å². The molecule has 0 saturated heterocycles. The van der Waals surface area contributed by atoms with Gasteiger partial charge in [-0.25, -0.2) is 0 Å². The van der Waals surface area contributed by atoms with Crippen LogP contribution in [0, 0.1) is 27.4 Å². The Kier molecular flexibility index (Phi) is 6.77. The van der Waals surface area contributed by atoms with Gasteiger partial charge < -0.3 is 14.8 Å². The fourth-order valence-electron chi connectivity index (χ4n) is 3.24. The Morgan fingerprint density at radius 3 is 2.48 bits per heavy atom. The molecule has 1 saturated carbocycles. The zero-order valence-electron chi connectivity index (χ0n) is 15.7. The van der Waals surface area contributed by atoms with Crippen molar-refractivity contribution in [3.05, 3.63) is 33.4 Å². The van der Waals surface area contributed by atoms with E-state index < -0.39 is 10.8 Å². The summed E-state index contributed by atoms with van der Waals surface area (Å²) < 4.78 is 10.2. The van der Waals surface area contributed by atoms with Gasteiger partial charge in [0.15, 0.2) is 11.5 Å². The molecule has 2 atom stereocenters. The topological polar surface area (TPSA) is 114 Å². The van der Waals surface area contributed by atoms with Gasteiger partial charge in [0.25, 0.3) is 11.6 Å². The van der Waals surface area contributed by atoms with Crippen LogP contribution in [0.4, 0.5) is 5.69 Å².